The number of nitrogens with one attached hydrogen (secondary N) is 1. The highest BCUT2D eigenvalue weighted by Gasteiger charge is 2.27. The molecule has 1 aromatic heterocycles. The Hall–Kier alpha value is -0.640. The predicted octanol–water partition coefficient (Wildman–Crippen LogP) is 2.70. The minimum atomic E-state index is 0.637. The van der Waals surface area contributed by atoms with Crippen LogP contribution in [0.25, 0.3) is 0 Å². The highest BCUT2D eigenvalue weighted by Crippen LogP contribution is 2.30. The van der Waals surface area contributed by atoms with E-state index in [9.17, 15) is 0 Å². The van der Waals surface area contributed by atoms with Gasteiger partial charge < -0.3 is 5.32 Å². The third-order valence-corrected chi connectivity index (χ3v) is 3.55. The van der Waals surface area contributed by atoms with E-state index >= 15 is 0 Å². The summed E-state index contributed by atoms with van der Waals surface area (Å²) in [5, 5.41) is 4.46. The van der Waals surface area contributed by atoms with Gasteiger partial charge in [0.2, 0.25) is 5.13 Å². The molecule has 0 saturated heterocycles. The Labute approximate surface area is 89.1 Å². The van der Waals surface area contributed by atoms with Crippen LogP contribution in [0.1, 0.15) is 38.9 Å². The summed E-state index contributed by atoms with van der Waals surface area (Å²) in [7, 11) is 0. The van der Waals surface area contributed by atoms with Crippen molar-refractivity contribution in [1.29, 1.82) is 0 Å². The lowest BCUT2D eigenvalue weighted by Gasteiger charge is -2.34. The molecule has 1 aromatic rings. The van der Waals surface area contributed by atoms with Crippen molar-refractivity contribution in [3.63, 3.8) is 0 Å². The van der Waals surface area contributed by atoms with Crippen LogP contribution in [0, 0.1) is 5.92 Å². The Kier molecular flexibility index (Phi) is 3.01. The van der Waals surface area contributed by atoms with Crippen molar-refractivity contribution in [3.8, 4) is 0 Å². The van der Waals surface area contributed by atoms with Gasteiger partial charge in [-0.2, -0.15) is 4.37 Å². The van der Waals surface area contributed by atoms with E-state index in [-0.39, 0.29) is 0 Å². The molecular weight excluding hydrogens is 194 g/mol. The molecule has 2 rings (SSSR count). The molecule has 0 aromatic carbocycles. The van der Waals surface area contributed by atoms with E-state index in [0.717, 1.165) is 29.7 Å². The Morgan fingerprint density at radius 3 is 2.93 bits per heavy atom. The molecule has 14 heavy (non-hydrogen) atoms. The summed E-state index contributed by atoms with van der Waals surface area (Å²) in [6.07, 6.45) is 4.75. The Morgan fingerprint density at radius 2 is 2.36 bits per heavy atom. The van der Waals surface area contributed by atoms with Crippen LogP contribution in [0.2, 0.25) is 0 Å². The van der Waals surface area contributed by atoms with Crippen LogP contribution in [0.5, 0.6) is 0 Å². The zero-order valence-corrected chi connectivity index (χ0v) is 9.60. The van der Waals surface area contributed by atoms with Crippen LogP contribution in [-0.4, -0.2) is 15.4 Å². The fourth-order valence-corrected chi connectivity index (χ4v) is 2.35. The molecule has 1 fully saturated rings. The number of anilines is 1. The smallest absolute Gasteiger partial charge is 0.202 e. The molecule has 0 bridgehead atoms. The summed E-state index contributed by atoms with van der Waals surface area (Å²) < 4.78 is 4.31. The van der Waals surface area contributed by atoms with Crippen molar-refractivity contribution in [2.45, 2.75) is 45.6 Å². The van der Waals surface area contributed by atoms with Crippen molar-refractivity contribution in [3.05, 3.63) is 5.82 Å². The van der Waals surface area contributed by atoms with Gasteiger partial charge in [-0.3, -0.25) is 0 Å². The van der Waals surface area contributed by atoms with Crippen molar-refractivity contribution in [1.82, 2.24) is 9.36 Å². The maximum atomic E-state index is 4.45. The first-order valence-electron chi connectivity index (χ1n) is 5.38. The summed E-state index contributed by atoms with van der Waals surface area (Å²) in [6.45, 7) is 4.44. The topological polar surface area (TPSA) is 37.8 Å². The fourth-order valence-electron chi connectivity index (χ4n) is 1.68. The molecule has 0 spiro atoms. The van der Waals surface area contributed by atoms with Gasteiger partial charge in [-0.15, -0.1) is 0 Å². The first-order chi connectivity index (χ1) is 6.79. The average Bonchev–Trinajstić information content (AvgIpc) is 2.61. The molecule has 1 saturated carbocycles. The van der Waals surface area contributed by atoms with Gasteiger partial charge in [0.25, 0.3) is 0 Å². The number of aryl methyl sites for hydroxylation is 1. The molecule has 1 aliphatic rings. The third-order valence-electron chi connectivity index (χ3n) is 2.87. The van der Waals surface area contributed by atoms with Gasteiger partial charge >= 0.3 is 0 Å². The van der Waals surface area contributed by atoms with Gasteiger partial charge in [0, 0.05) is 24.0 Å². The number of aromatic nitrogens is 2. The van der Waals surface area contributed by atoms with Crippen molar-refractivity contribution < 1.29 is 0 Å². The minimum Gasteiger partial charge on any atom is -0.357 e. The van der Waals surface area contributed by atoms with Gasteiger partial charge in [0.05, 0.1) is 0 Å². The van der Waals surface area contributed by atoms with Crippen LogP contribution in [-0.2, 0) is 6.42 Å². The van der Waals surface area contributed by atoms with E-state index in [0.29, 0.717) is 6.04 Å². The molecule has 1 aliphatic carbocycles. The monoisotopic (exact) mass is 211 g/mol. The van der Waals surface area contributed by atoms with Crippen molar-refractivity contribution in [2.75, 3.05) is 5.32 Å². The molecule has 0 aliphatic heterocycles. The normalized spacial score (nSPS) is 25.9. The lowest BCUT2D eigenvalue weighted by atomic mass is 9.81. The van der Waals surface area contributed by atoms with Gasteiger partial charge in [-0.1, -0.05) is 13.8 Å². The van der Waals surface area contributed by atoms with Crippen LogP contribution in [0.4, 0.5) is 5.13 Å². The lowest BCUT2D eigenvalue weighted by molar-refractivity contribution is 0.303. The third kappa shape index (κ3) is 2.05. The first-order valence-corrected chi connectivity index (χ1v) is 6.16. The van der Waals surface area contributed by atoms with Crippen LogP contribution >= 0.6 is 11.5 Å². The van der Waals surface area contributed by atoms with E-state index < -0.39 is 0 Å². The van der Waals surface area contributed by atoms with Crippen molar-refractivity contribution >= 4 is 16.7 Å². The first kappa shape index (κ1) is 9.90. The van der Waals surface area contributed by atoms with E-state index in [1.165, 1.54) is 24.4 Å². The molecule has 1 heterocycles. The van der Waals surface area contributed by atoms with E-state index in [4.69, 9.17) is 0 Å². The van der Waals surface area contributed by atoms with Crippen LogP contribution in [0.15, 0.2) is 0 Å². The Bertz CT molecular complexity index is 297. The Morgan fingerprint density at radius 1 is 1.50 bits per heavy atom. The second kappa shape index (κ2) is 4.26. The van der Waals surface area contributed by atoms with Crippen molar-refractivity contribution in [2.24, 2.45) is 5.92 Å². The van der Waals surface area contributed by atoms with Gasteiger partial charge in [-0.25, -0.2) is 4.98 Å². The molecule has 0 amide bonds. The molecule has 2 atom stereocenters. The van der Waals surface area contributed by atoms with Gasteiger partial charge in [0.15, 0.2) is 0 Å². The molecule has 3 nitrogen and oxygen atoms in total. The number of hydrogen-bond acceptors (Lipinski definition) is 4. The fraction of sp³-hybridized carbons (Fsp3) is 0.800. The minimum absolute atomic E-state index is 0.637. The summed E-state index contributed by atoms with van der Waals surface area (Å²) >= 11 is 1.50. The maximum Gasteiger partial charge on any atom is 0.202 e. The SMILES string of the molecule is CCCc1nsc(NC2CCC2C)n1. The second-order valence-corrected chi connectivity index (χ2v) is 4.82. The zero-order valence-electron chi connectivity index (χ0n) is 8.79. The molecular formula is C10H17N3S. The van der Waals surface area contributed by atoms with E-state index in [1.807, 2.05) is 0 Å². The van der Waals surface area contributed by atoms with E-state index in [2.05, 4.69) is 28.5 Å². The maximum absolute atomic E-state index is 4.45. The summed E-state index contributed by atoms with van der Waals surface area (Å²) in [5.74, 6) is 1.79. The highest BCUT2D eigenvalue weighted by atomic mass is 32.1. The number of nitrogens with zero attached hydrogens (tertiary/aromatic N) is 2. The molecule has 4 heteroatoms. The summed E-state index contributed by atoms with van der Waals surface area (Å²) in [4.78, 5) is 4.45. The number of rotatable bonds is 4. The summed E-state index contributed by atoms with van der Waals surface area (Å²) in [6, 6.07) is 0.637. The summed E-state index contributed by atoms with van der Waals surface area (Å²) in [5.41, 5.74) is 0. The second-order valence-electron chi connectivity index (χ2n) is 4.07. The lowest BCUT2D eigenvalue weighted by Crippen LogP contribution is -2.36. The highest BCUT2D eigenvalue weighted by molar-refractivity contribution is 7.09. The molecule has 2 unspecified atom stereocenters. The number of hydrogen-bond donors (Lipinski definition) is 1. The molecule has 1 N–H and O–H groups in total. The quantitative estimate of drug-likeness (QED) is 0.832. The van der Waals surface area contributed by atoms with Gasteiger partial charge in [0.1, 0.15) is 5.82 Å². The zero-order chi connectivity index (χ0) is 9.97. The van der Waals surface area contributed by atoms with Crippen LogP contribution < -0.4 is 5.32 Å². The Balaban J connectivity index is 1.89. The van der Waals surface area contributed by atoms with Crippen LogP contribution in [0.3, 0.4) is 0 Å². The average molecular weight is 211 g/mol. The largest absolute Gasteiger partial charge is 0.357 e. The standard InChI is InChI=1S/C10H17N3S/c1-3-4-9-12-10(14-13-9)11-8-6-5-7(8)2/h7-8H,3-6H2,1-2H3,(H,11,12,13). The predicted molar refractivity (Wildman–Crippen MR) is 59.7 cm³/mol. The van der Waals surface area contributed by atoms with E-state index in [1.54, 1.807) is 0 Å². The molecule has 78 valence electrons. The molecule has 0 radical (unpaired) electrons. The van der Waals surface area contributed by atoms with Gasteiger partial charge in [-0.05, 0) is 25.2 Å².